The van der Waals surface area contributed by atoms with Crippen LogP contribution in [0.15, 0.2) is 36.4 Å². The first-order valence-electron chi connectivity index (χ1n) is 10.0. The predicted octanol–water partition coefficient (Wildman–Crippen LogP) is 8.11. The second-order valence-electron chi connectivity index (χ2n) is 7.82. The summed E-state index contributed by atoms with van der Waals surface area (Å²) in [7, 11) is 0. The van der Waals surface area contributed by atoms with Gasteiger partial charge in [0.1, 0.15) is 11.7 Å². The van der Waals surface area contributed by atoms with Gasteiger partial charge >= 0.3 is 12.4 Å². The van der Waals surface area contributed by atoms with E-state index < -0.39 is 52.3 Å². The van der Waals surface area contributed by atoms with Crippen molar-refractivity contribution in [3.05, 3.63) is 73.7 Å². The van der Waals surface area contributed by atoms with Gasteiger partial charge < -0.3 is 0 Å². The van der Waals surface area contributed by atoms with E-state index in [0.29, 0.717) is 6.07 Å². The smallest absolute Gasteiger partial charge is 0.287 e. The van der Waals surface area contributed by atoms with E-state index in [1.807, 2.05) is 0 Å². The molecule has 0 bridgehead atoms. The number of allylic oxidation sites excluding steroid dienone is 1. The maximum atomic E-state index is 14.9. The molecule has 3 nitrogen and oxygen atoms in total. The quantitative estimate of drug-likeness (QED) is 0.212. The molecule has 0 aliphatic heterocycles. The summed E-state index contributed by atoms with van der Waals surface area (Å²) in [4.78, 5) is 12.3. The molecule has 0 aromatic heterocycles. The van der Waals surface area contributed by atoms with Crippen LogP contribution in [0.2, 0.25) is 15.1 Å². The van der Waals surface area contributed by atoms with Crippen molar-refractivity contribution in [2.24, 2.45) is 0 Å². The van der Waals surface area contributed by atoms with Crippen molar-refractivity contribution < 1.29 is 35.5 Å². The number of amides is 1. The van der Waals surface area contributed by atoms with Crippen LogP contribution in [0.25, 0.3) is 5.83 Å². The zero-order chi connectivity index (χ0) is 26.1. The monoisotopic (exact) mass is 562 g/mol. The van der Waals surface area contributed by atoms with Crippen molar-refractivity contribution in [1.29, 1.82) is 0 Å². The van der Waals surface area contributed by atoms with Crippen molar-refractivity contribution in [1.82, 2.24) is 10.9 Å². The van der Waals surface area contributed by atoms with Gasteiger partial charge in [0, 0.05) is 11.6 Å². The number of carbonyl (C=O) groups excluding carboxylic acids is 1. The van der Waals surface area contributed by atoms with E-state index in [1.54, 1.807) is 0 Å². The largest absolute Gasteiger partial charge is 0.417 e. The first-order chi connectivity index (χ1) is 16.2. The molecule has 13 heteroatoms. The number of nitrogens with one attached hydrogen (secondary N) is 2. The van der Waals surface area contributed by atoms with Gasteiger partial charge in [-0.2, -0.15) is 26.3 Å². The van der Waals surface area contributed by atoms with E-state index in [9.17, 15) is 35.5 Å². The molecule has 0 heterocycles. The Hall–Kier alpha value is -2.01. The van der Waals surface area contributed by atoms with Crippen LogP contribution in [0.3, 0.4) is 0 Å². The number of alkyl halides is 6. The highest BCUT2D eigenvalue weighted by atomic mass is 35.5. The molecule has 0 radical (unpaired) electrons. The van der Waals surface area contributed by atoms with Crippen LogP contribution in [0.1, 0.15) is 52.2 Å². The third-order valence-electron chi connectivity index (χ3n) is 5.37. The van der Waals surface area contributed by atoms with E-state index >= 15 is 0 Å². The number of halogens is 10. The van der Waals surface area contributed by atoms with E-state index in [0.717, 1.165) is 37.5 Å². The Morgan fingerprint density at radius 2 is 1.60 bits per heavy atom. The first-order valence-corrected chi connectivity index (χ1v) is 11.2. The second kappa shape index (κ2) is 10.5. The third kappa shape index (κ3) is 6.61. The Bertz CT molecular complexity index is 1120. The molecule has 2 N–H and O–H groups in total. The van der Waals surface area contributed by atoms with E-state index in [-0.39, 0.29) is 33.3 Å². The maximum Gasteiger partial charge on any atom is 0.417 e. The average Bonchev–Trinajstić information content (AvgIpc) is 2.72. The van der Waals surface area contributed by atoms with Crippen LogP contribution in [0, 0.1) is 0 Å². The normalized spacial score (nSPS) is 16.1. The molecule has 35 heavy (non-hydrogen) atoms. The van der Waals surface area contributed by atoms with Crippen LogP contribution >= 0.6 is 34.8 Å². The Labute approximate surface area is 210 Å². The summed E-state index contributed by atoms with van der Waals surface area (Å²) in [6, 6.07) is 3.36. The molecule has 1 atom stereocenters. The molecule has 1 saturated carbocycles. The summed E-state index contributed by atoms with van der Waals surface area (Å²) in [6.45, 7) is 0. The van der Waals surface area contributed by atoms with Gasteiger partial charge in [0.25, 0.3) is 5.91 Å². The summed E-state index contributed by atoms with van der Waals surface area (Å²) in [6.07, 6.45) is -7.63. The number of hydrazine groups is 1. The molecule has 0 spiro atoms. The molecule has 2 aromatic rings. The Balaban J connectivity index is 1.98. The number of carbonyl (C=O) groups is 1. The Morgan fingerprint density at radius 1 is 1.00 bits per heavy atom. The van der Waals surface area contributed by atoms with Crippen molar-refractivity contribution >= 4 is 46.5 Å². The number of hydrogen-bond acceptors (Lipinski definition) is 2. The average molecular weight is 564 g/mol. The van der Waals surface area contributed by atoms with Gasteiger partial charge in [-0.25, -0.2) is 9.82 Å². The van der Waals surface area contributed by atoms with Gasteiger partial charge in [-0.1, -0.05) is 47.3 Å². The topological polar surface area (TPSA) is 41.1 Å². The molecule has 1 amide bonds. The van der Waals surface area contributed by atoms with Gasteiger partial charge in [-0.05, 0) is 48.7 Å². The van der Waals surface area contributed by atoms with Crippen LogP contribution in [0.4, 0.5) is 30.7 Å². The molecule has 1 unspecified atom stereocenters. The fourth-order valence-corrected chi connectivity index (χ4v) is 3.90. The van der Waals surface area contributed by atoms with E-state index in [2.05, 4.69) is 10.9 Å². The third-order valence-corrected chi connectivity index (χ3v) is 6.57. The fourth-order valence-electron chi connectivity index (χ4n) is 3.29. The van der Waals surface area contributed by atoms with E-state index in [1.165, 1.54) is 0 Å². The van der Waals surface area contributed by atoms with E-state index in [4.69, 9.17) is 34.8 Å². The predicted molar refractivity (Wildman–Crippen MR) is 119 cm³/mol. The SMILES string of the molecule is O=C(NNC1CCC1)c1ccc(/C(F)=C/C(c2cc(Cl)c(Cl)c(Cl)c2)C(F)(F)F)cc1C(F)(F)F. The van der Waals surface area contributed by atoms with Crippen molar-refractivity contribution in [2.75, 3.05) is 0 Å². The summed E-state index contributed by atoms with van der Waals surface area (Å²) in [5, 5.41) is -0.845. The van der Waals surface area contributed by atoms with Gasteiger partial charge in [-0.3, -0.25) is 10.2 Å². The minimum Gasteiger partial charge on any atom is -0.287 e. The highest BCUT2D eigenvalue weighted by Crippen LogP contribution is 2.42. The lowest BCUT2D eigenvalue weighted by atomic mass is 9.94. The van der Waals surface area contributed by atoms with Crippen molar-refractivity contribution in [3.63, 3.8) is 0 Å². The van der Waals surface area contributed by atoms with Gasteiger partial charge in [0.15, 0.2) is 0 Å². The molecular weight excluding hydrogens is 548 g/mol. The van der Waals surface area contributed by atoms with Gasteiger partial charge in [0.05, 0.1) is 26.2 Å². The molecule has 1 fully saturated rings. The van der Waals surface area contributed by atoms with Crippen LogP contribution in [-0.4, -0.2) is 18.1 Å². The minimum atomic E-state index is -5.08. The number of rotatable bonds is 6. The lowest BCUT2D eigenvalue weighted by Gasteiger charge is -2.26. The highest BCUT2D eigenvalue weighted by molar-refractivity contribution is 6.48. The lowest BCUT2D eigenvalue weighted by molar-refractivity contribution is -0.140. The number of benzene rings is 2. The summed E-state index contributed by atoms with van der Waals surface area (Å²) >= 11 is 17.3. The lowest BCUT2D eigenvalue weighted by Crippen LogP contribution is -2.47. The second-order valence-corrected chi connectivity index (χ2v) is 9.01. The van der Waals surface area contributed by atoms with Crippen LogP contribution in [0.5, 0.6) is 0 Å². The van der Waals surface area contributed by atoms with Crippen LogP contribution < -0.4 is 10.9 Å². The molecule has 3 rings (SSSR count). The molecular formula is C22H16Cl3F7N2O. The summed E-state index contributed by atoms with van der Waals surface area (Å²) < 4.78 is 96.8. The molecule has 1 aliphatic rings. The zero-order valence-corrected chi connectivity index (χ0v) is 19.7. The highest BCUT2D eigenvalue weighted by Gasteiger charge is 2.41. The zero-order valence-electron chi connectivity index (χ0n) is 17.4. The molecule has 0 saturated heterocycles. The summed E-state index contributed by atoms with van der Waals surface area (Å²) in [5.74, 6) is -5.31. The molecule has 2 aromatic carbocycles. The van der Waals surface area contributed by atoms with Crippen molar-refractivity contribution in [2.45, 2.75) is 43.6 Å². The Kier molecular flexibility index (Phi) is 8.30. The van der Waals surface area contributed by atoms with Crippen LogP contribution in [-0.2, 0) is 6.18 Å². The van der Waals surface area contributed by atoms with Gasteiger partial charge in [-0.15, -0.1) is 0 Å². The Morgan fingerprint density at radius 3 is 2.09 bits per heavy atom. The first kappa shape index (κ1) is 27.6. The summed E-state index contributed by atoms with van der Waals surface area (Å²) in [5.41, 5.74) is 1.07. The van der Waals surface area contributed by atoms with Crippen molar-refractivity contribution in [3.8, 4) is 0 Å². The molecule has 1 aliphatic carbocycles. The molecule has 190 valence electrons. The number of hydrogen-bond donors (Lipinski definition) is 2. The van der Waals surface area contributed by atoms with Gasteiger partial charge in [0.2, 0.25) is 0 Å². The minimum absolute atomic E-state index is 0.0675. The standard InChI is InChI=1S/C22H16Cl3F7N2O/c23-16-7-11(8-17(24)19(16)25)14(21(27,28)29)9-18(26)10-4-5-13(15(6-10)22(30,31)32)20(35)34-33-12-2-1-3-12/h4-9,12,14,33H,1-3H2,(H,34,35)/b18-9-. The fraction of sp³-hybridized carbons (Fsp3) is 0.318. The maximum absolute atomic E-state index is 14.9.